The lowest BCUT2D eigenvalue weighted by atomic mass is 9.87. The zero-order valence-corrected chi connectivity index (χ0v) is 12.0. The van der Waals surface area contributed by atoms with Gasteiger partial charge in [-0.3, -0.25) is 0 Å². The predicted molar refractivity (Wildman–Crippen MR) is 78.6 cm³/mol. The van der Waals surface area contributed by atoms with E-state index in [1.54, 1.807) is 12.1 Å². The van der Waals surface area contributed by atoms with E-state index < -0.39 is 5.82 Å². The number of nitrogens with one attached hydrogen (secondary N) is 1. The number of aliphatic hydroxyl groups excluding tert-OH is 1. The minimum absolute atomic E-state index is 0.0512. The first-order chi connectivity index (χ1) is 10.1. The third-order valence-corrected chi connectivity index (χ3v) is 4.27. The van der Waals surface area contributed by atoms with E-state index in [1.165, 1.54) is 6.07 Å². The molecule has 1 aromatic rings. The lowest BCUT2D eigenvalue weighted by molar-refractivity contribution is 0.128. The molecule has 1 aromatic carbocycles. The van der Waals surface area contributed by atoms with Crippen LogP contribution in [0.2, 0.25) is 0 Å². The summed E-state index contributed by atoms with van der Waals surface area (Å²) in [5.74, 6) is -0.505. The minimum Gasteiger partial charge on any atom is -0.409 e. The molecule has 0 heterocycles. The van der Waals surface area contributed by atoms with Crippen molar-refractivity contribution in [2.45, 2.75) is 32.2 Å². The standard InChI is InChI=1S/C15H22FN3O2/c16-13-7-11(14(17)19-21)3-4-12(13)8-18-9-15(10-20)5-1-2-6-15/h3-4,7,18,20-21H,1-2,5-6,8-10H2,(H2,17,19). The summed E-state index contributed by atoms with van der Waals surface area (Å²) in [5.41, 5.74) is 6.24. The third-order valence-electron chi connectivity index (χ3n) is 4.27. The van der Waals surface area contributed by atoms with Gasteiger partial charge in [0.2, 0.25) is 0 Å². The zero-order valence-electron chi connectivity index (χ0n) is 12.0. The Balaban J connectivity index is 1.94. The van der Waals surface area contributed by atoms with Gasteiger partial charge in [0.25, 0.3) is 0 Å². The average molecular weight is 295 g/mol. The normalized spacial score (nSPS) is 18.1. The van der Waals surface area contributed by atoms with Crippen molar-refractivity contribution in [3.63, 3.8) is 0 Å². The van der Waals surface area contributed by atoms with Crippen LogP contribution < -0.4 is 11.1 Å². The highest BCUT2D eigenvalue weighted by Crippen LogP contribution is 2.36. The van der Waals surface area contributed by atoms with Gasteiger partial charge in [-0.05, 0) is 18.9 Å². The molecule has 6 heteroatoms. The summed E-state index contributed by atoms with van der Waals surface area (Å²) in [4.78, 5) is 0. The molecule has 1 saturated carbocycles. The maximum Gasteiger partial charge on any atom is 0.170 e. The molecule has 21 heavy (non-hydrogen) atoms. The number of halogens is 1. The Hall–Kier alpha value is -1.66. The van der Waals surface area contributed by atoms with E-state index in [2.05, 4.69) is 10.5 Å². The van der Waals surface area contributed by atoms with Crippen LogP contribution in [0.1, 0.15) is 36.8 Å². The van der Waals surface area contributed by atoms with E-state index >= 15 is 0 Å². The van der Waals surface area contributed by atoms with Gasteiger partial charge in [0.1, 0.15) is 5.82 Å². The van der Waals surface area contributed by atoms with Crippen molar-refractivity contribution in [1.29, 1.82) is 0 Å². The van der Waals surface area contributed by atoms with Gasteiger partial charge < -0.3 is 21.4 Å². The molecule has 1 fully saturated rings. The van der Waals surface area contributed by atoms with Gasteiger partial charge in [-0.15, -0.1) is 0 Å². The Bertz CT molecular complexity index is 514. The molecule has 0 unspecified atom stereocenters. The van der Waals surface area contributed by atoms with Crippen molar-refractivity contribution >= 4 is 5.84 Å². The van der Waals surface area contributed by atoms with Crippen LogP contribution in [0, 0.1) is 11.2 Å². The number of nitrogens with zero attached hydrogens (tertiary/aromatic N) is 1. The van der Waals surface area contributed by atoms with Crippen LogP contribution >= 0.6 is 0 Å². The molecule has 0 radical (unpaired) electrons. The summed E-state index contributed by atoms with van der Waals surface area (Å²) >= 11 is 0. The summed E-state index contributed by atoms with van der Waals surface area (Å²) in [6, 6.07) is 4.49. The predicted octanol–water partition coefficient (Wildman–Crippen LogP) is 1.56. The Kier molecular flexibility index (Phi) is 5.14. The molecule has 1 aliphatic rings. The zero-order chi connectivity index (χ0) is 15.3. The largest absolute Gasteiger partial charge is 0.409 e. The Labute approximate surface area is 123 Å². The molecule has 0 amide bonds. The van der Waals surface area contributed by atoms with Crippen LogP contribution in [-0.2, 0) is 6.54 Å². The highest BCUT2D eigenvalue weighted by atomic mass is 19.1. The number of hydrogen-bond acceptors (Lipinski definition) is 4. The second-order valence-electron chi connectivity index (χ2n) is 5.76. The molecular formula is C15H22FN3O2. The smallest absolute Gasteiger partial charge is 0.170 e. The first kappa shape index (κ1) is 15.7. The molecule has 0 saturated heterocycles. The van der Waals surface area contributed by atoms with Crippen LogP contribution in [0.4, 0.5) is 4.39 Å². The lowest BCUT2D eigenvalue weighted by Crippen LogP contribution is -2.35. The molecule has 0 bridgehead atoms. The van der Waals surface area contributed by atoms with E-state index in [4.69, 9.17) is 10.9 Å². The first-order valence-corrected chi connectivity index (χ1v) is 7.18. The van der Waals surface area contributed by atoms with Gasteiger partial charge in [0.05, 0.1) is 0 Å². The van der Waals surface area contributed by atoms with Crippen molar-refractivity contribution in [2.75, 3.05) is 13.2 Å². The highest BCUT2D eigenvalue weighted by Gasteiger charge is 2.32. The maximum absolute atomic E-state index is 13.9. The molecule has 1 aliphatic carbocycles. The Morgan fingerprint density at radius 2 is 2.10 bits per heavy atom. The van der Waals surface area contributed by atoms with Gasteiger partial charge in [-0.2, -0.15) is 0 Å². The van der Waals surface area contributed by atoms with Gasteiger partial charge in [-0.1, -0.05) is 30.1 Å². The number of oxime groups is 1. The fourth-order valence-corrected chi connectivity index (χ4v) is 2.89. The molecule has 0 aliphatic heterocycles. The minimum atomic E-state index is -0.393. The summed E-state index contributed by atoms with van der Waals surface area (Å²) in [6.45, 7) is 1.25. The van der Waals surface area contributed by atoms with E-state index in [1.807, 2.05) is 0 Å². The number of rotatable bonds is 6. The van der Waals surface area contributed by atoms with Gasteiger partial charge in [0, 0.05) is 36.2 Å². The summed E-state index contributed by atoms with van der Waals surface area (Å²) in [6.07, 6.45) is 4.32. The summed E-state index contributed by atoms with van der Waals surface area (Å²) < 4.78 is 13.9. The fourth-order valence-electron chi connectivity index (χ4n) is 2.89. The summed E-state index contributed by atoms with van der Waals surface area (Å²) in [5, 5.41) is 24.2. The monoisotopic (exact) mass is 295 g/mol. The number of aliphatic hydroxyl groups is 1. The van der Waals surface area contributed by atoms with Gasteiger partial charge in [-0.25, -0.2) is 4.39 Å². The van der Waals surface area contributed by atoms with Crippen LogP contribution in [-0.4, -0.2) is 29.3 Å². The van der Waals surface area contributed by atoms with Crippen molar-refractivity contribution in [1.82, 2.24) is 5.32 Å². The average Bonchev–Trinajstić information content (AvgIpc) is 2.97. The number of hydrogen-bond donors (Lipinski definition) is 4. The van der Waals surface area contributed by atoms with E-state index in [-0.39, 0.29) is 17.9 Å². The molecule has 0 aromatic heterocycles. The molecule has 5 N–H and O–H groups in total. The third kappa shape index (κ3) is 3.71. The fraction of sp³-hybridized carbons (Fsp3) is 0.533. The molecule has 0 spiro atoms. The van der Waals surface area contributed by atoms with Gasteiger partial charge >= 0.3 is 0 Å². The summed E-state index contributed by atoms with van der Waals surface area (Å²) in [7, 11) is 0. The topological polar surface area (TPSA) is 90.9 Å². The second kappa shape index (κ2) is 6.87. The van der Waals surface area contributed by atoms with Crippen molar-refractivity contribution in [2.24, 2.45) is 16.3 Å². The molecular weight excluding hydrogens is 273 g/mol. The van der Waals surface area contributed by atoms with Gasteiger partial charge in [0.15, 0.2) is 5.84 Å². The van der Waals surface area contributed by atoms with Crippen LogP contribution in [0.5, 0.6) is 0 Å². The van der Waals surface area contributed by atoms with E-state index in [0.717, 1.165) is 25.7 Å². The Morgan fingerprint density at radius 1 is 1.38 bits per heavy atom. The van der Waals surface area contributed by atoms with Crippen molar-refractivity contribution in [3.8, 4) is 0 Å². The second-order valence-corrected chi connectivity index (χ2v) is 5.76. The number of benzene rings is 1. The molecule has 116 valence electrons. The first-order valence-electron chi connectivity index (χ1n) is 7.18. The SMILES string of the molecule is N/C(=N/O)c1ccc(CNCC2(CO)CCCC2)c(F)c1. The van der Waals surface area contributed by atoms with Crippen LogP contribution in [0.3, 0.4) is 0 Å². The molecule has 2 rings (SSSR count). The lowest BCUT2D eigenvalue weighted by Gasteiger charge is -2.26. The highest BCUT2D eigenvalue weighted by molar-refractivity contribution is 5.97. The maximum atomic E-state index is 13.9. The van der Waals surface area contributed by atoms with Crippen LogP contribution in [0.25, 0.3) is 0 Å². The molecule has 0 atom stereocenters. The van der Waals surface area contributed by atoms with Crippen molar-refractivity contribution in [3.05, 3.63) is 35.1 Å². The van der Waals surface area contributed by atoms with E-state index in [9.17, 15) is 9.50 Å². The van der Waals surface area contributed by atoms with Crippen LogP contribution in [0.15, 0.2) is 23.4 Å². The molecule has 5 nitrogen and oxygen atoms in total. The number of nitrogens with two attached hydrogens (primary N) is 1. The van der Waals surface area contributed by atoms with Crippen molar-refractivity contribution < 1.29 is 14.7 Å². The Morgan fingerprint density at radius 3 is 2.67 bits per heavy atom. The number of amidine groups is 1. The quantitative estimate of drug-likeness (QED) is 0.277. The van der Waals surface area contributed by atoms with E-state index in [0.29, 0.717) is 24.2 Å².